The van der Waals surface area contributed by atoms with E-state index in [2.05, 4.69) is 10.1 Å². The van der Waals surface area contributed by atoms with Crippen LogP contribution in [0.3, 0.4) is 0 Å². The van der Waals surface area contributed by atoms with Gasteiger partial charge in [-0.25, -0.2) is 8.42 Å². The number of hydrogen-bond donors (Lipinski definition) is 0. The maximum absolute atomic E-state index is 13.3. The third-order valence-electron chi connectivity index (χ3n) is 4.50. The van der Waals surface area contributed by atoms with Gasteiger partial charge in [0, 0.05) is 12.1 Å². The number of methoxy groups -OCH3 is 1. The van der Waals surface area contributed by atoms with Gasteiger partial charge in [0.1, 0.15) is 16.7 Å². The molecule has 1 fully saturated rings. The quantitative estimate of drug-likeness (QED) is 0.648. The molecule has 1 aliphatic rings. The van der Waals surface area contributed by atoms with E-state index in [9.17, 15) is 8.42 Å². The lowest BCUT2D eigenvalue weighted by Crippen LogP contribution is -2.43. The van der Waals surface area contributed by atoms with Crippen LogP contribution in [0.5, 0.6) is 5.75 Å². The van der Waals surface area contributed by atoms with Gasteiger partial charge in [-0.3, -0.25) is 0 Å². The summed E-state index contributed by atoms with van der Waals surface area (Å²) in [6.45, 7) is 0.608. The fourth-order valence-corrected chi connectivity index (χ4v) is 4.82. The number of para-hydroxylation sites is 1. The molecule has 28 heavy (non-hydrogen) atoms. The van der Waals surface area contributed by atoms with E-state index in [1.165, 1.54) is 17.5 Å². The third-order valence-corrected chi connectivity index (χ3v) is 6.44. The lowest BCUT2D eigenvalue weighted by molar-refractivity contribution is 0.0281. The molecule has 0 spiro atoms. The fraction of sp³-hybridized carbons (Fsp3) is 0.263. The minimum absolute atomic E-state index is 0.0937. The number of hydrogen-bond acceptors (Lipinski definition) is 7. The zero-order valence-corrected chi connectivity index (χ0v) is 16.0. The number of aromatic nitrogens is 2. The maximum Gasteiger partial charge on any atom is 0.257 e. The third kappa shape index (κ3) is 3.39. The average molecular weight is 401 g/mol. The average Bonchev–Trinajstić information content (AvgIpc) is 3.24. The van der Waals surface area contributed by atoms with Crippen molar-refractivity contribution in [1.82, 2.24) is 14.4 Å². The van der Waals surface area contributed by atoms with Crippen molar-refractivity contribution >= 4 is 10.0 Å². The number of morpholine rings is 1. The molecule has 0 bridgehead atoms. The van der Waals surface area contributed by atoms with Crippen LogP contribution < -0.4 is 4.74 Å². The van der Waals surface area contributed by atoms with Gasteiger partial charge in [0.15, 0.2) is 5.82 Å². The van der Waals surface area contributed by atoms with Gasteiger partial charge in [0.25, 0.3) is 5.89 Å². The number of ether oxygens (including phenoxy) is 2. The highest BCUT2D eigenvalue weighted by Gasteiger charge is 2.39. The number of benzene rings is 2. The normalized spacial score (nSPS) is 18.1. The topological polar surface area (TPSA) is 94.8 Å². The first kappa shape index (κ1) is 18.6. The Morgan fingerprint density at radius 3 is 2.64 bits per heavy atom. The minimum atomic E-state index is -3.85. The molecule has 3 aromatic rings. The smallest absolute Gasteiger partial charge is 0.257 e. The van der Waals surface area contributed by atoms with Gasteiger partial charge < -0.3 is 14.0 Å². The lowest BCUT2D eigenvalue weighted by Gasteiger charge is -2.32. The molecule has 2 heterocycles. The van der Waals surface area contributed by atoms with Crippen LogP contribution in [0.4, 0.5) is 0 Å². The zero-order chi connectivity index (χ0) is 19.6. The SMILES string of the molecule is COc1ccccc1S(=O)(=O)N1CCOC[C@H]1c1noc(-c2ccccc2)n1. The van der Waals surface area contributed by atoms with Crippen molar-refractivity contribution in [2.75, 3.05) is 26.9 Å². The Balaban J connectivity index is 1.70. The van der Waals surface area contributed by atoms with E-state index in [0.29, 0.717) is 5.89 Å². The van der Waals surface area contributed by atoms with Crippen molar-refractivity contribution in [3.8, 4) is 17.2 Å². The molecule has 8 nitrogen and oxygen atoms in total. The predicted octanol–water partition coefficient (Wildman–Crippen LogP) is 2.51. The molecule has 0 N–H and O–H groups in total. The van der Waals surface area contributed by atoms with Crippen LogP contribution in [0.15, 0.2) is 64.0 Å². The Morgan fingerprint density at radius 1 is 1.11 bits per heavy atom. The molecular weight excluding hydrogens is 382 g/mol. The van der Waals surface area contributed by atoms with Crippen LogP contribution in [0.25, 0.3) is 11.5 Å². The second-order valence-electron chi connectivity index (χ2n) is 6.18. The van der Waals surface area contributed by atoms with E-state index in [1.807, 2.05) is 30.3 Å². The molecule has 1 atom stereocenters. The molecule has 1 aromatic heterocycles. The van der Waals surface area contributed by atoms with Gasteiger partial charge in [-0.2, -0.15) is 9.29 Å². The molecule has 9 heteroatoms. The van der Waals surface area contributed by atoms with Crippen LogP contribution in [0.1, 0.15) is 11.9 Å². The second-order valence-corrected chi connectivity index (χ2v) is 8.04. The highest BCUT2D eigenvalue weighted by Crippen LogP contribution is 2.33. The maximum atomic E-state index is 13.3. The molecule has 0 amide bonds. The first-order chi connectivity index (χ1) is 13.6. The molecule has 1 saturated heterocycles. The van der Waals surface area contributed by atoms with Crippen LogP contribution in [0, 0.1) is 0 Å². The molecule has 0 radical (unpaired) electrons. The summed E-state index contributed by atoms with van der Waals surface area (Å²) in [6, 6.07) is 15.1. The lowest BCUT2D eigenvalue weighted by atomic mass is 10.2. The van der Waals surface area contributed by atoms with Gasteiger partial charge in [0.05, 0.1) is 20.3 Å². The van der Waals surface area contributed by atoms with Crippen molar-refractivity contribution in [2.45, 2.75) is 10.9 Å². The predicted molar refractivity (Wildman–Crippen MR) is 100 cm³/mol. The molecule has 2 aromatic carbocycles. The van der Waals surface area contributed by atoms with Gasteiger partial charge in [-0.15, -0.1) is 0 Å². The van der Waals surface area contributed by atoms with Gasteiger partial charge in [-0.05, 0) is 24.3 Å². The van der Waals surface area contributed by atoms with Crippen LogP contribution in [0.2, 0.25) is 0 Å². The van der Waals surface area contributed by atoms with E-state index >= 15 is 0 Å². The minimum Gasteiger partial charge on any atom is -0.495 e. The number of nitrogens with zero attached hydrogens (tertiary/aromatic N) is 3. The molecule has 1 aliphatic heterocycles. The summed E-state index contributed by atoms with van der Waals surface area (Å²) < 4.78 is 44.1. The van der Waals surface area contributed by atoms with Gasteiger partial charge in [-0.1, -0.05) is 35.5 Å². The van der Waals surface area contributed by atoms with Crippen LogP contribution >= 0.6 is 0 Å². The molecule has 146 valence electrons. The van der Waals surface area contributed by atoms with Crippen molar-refractivity contribution in [2.24, 2.45) is 0 Å². The Morgan fingerprint density at radius 2 is 1.86 bits per heavy atom. The Hall–Kier alpha value is -2.75. The second kappa shape index (κ2) is 7.70. The first-order valence-electron chi connectivity index (χ1n) is 8.73. The van der Waals surface area contributed by atoms with E-state index in [-0.39, 0.29) is 36.2 Å². The summed E-state index contributed by atoms with van der Waals surface area (Å²) in [5, 5.41) is 4.01. The molecule has 0 aliphatic carbocycles. The first-order valence-corrected chi connectivity index (χ1v) is 10.2. The van der Waals surface area contributed by atoms with Crippen molar-refractivity contribution in [3.63, 3.8) is 0 Å². The van der Waals surface area contributed by atoms with Crippen LogP contribution in [-0.2, 0) is 14.8 Å². The zero-order valence-electron chi connectivity index (χ0n) is 15.2. The largest absolute Gasteiger partial charge is 0.495 e. The van der Waals surface area contributed by atoms with Gasteiger partial charge in [0.2, 0.25) is 10.0 Å². The molecular formula is C19H19N3O5S. The Kier molecular flexibility index (Phi) is 5.12. The fourth-order valence-electron chi connectivity index (χ4n) is 3.11. The summed E-state index contributed by atoms with van der Waals surface area (Å²) in [7, 11) is -2.41. The standard InChI is InChI=1S/C19H19N3O5S/c1-25-16-9-5-6-10-17(16)28(23,24)22-11-12-26-13-15(22)18-20-19(27-21-18)14-7-3-2-4-8-14/h2-10,15H,11-13H2,1H3/t15-/m0/s1. The molecule has 4 rings (SSSR count). The summed E-state index contributed by atoms with van der Waals surface area (Å²) >= 11 is 0. The van der Waals surface area contributed by atoms with E-state index in [0.717, 1.165) is 5.56 Å². The summed E-state index contributed by atoms with van der Waals surface area (Å²) in [5.74, 6) is 0.874. The van der Waals surface area contributed by atoms with E-state index < -0.39 is 16.1 Å². The highest BCUT2D eigenvalue weighted by atomic mass is 32.2. The number of rotatable bonds is 5. The van der Waals surface area contributed by atoms with Gasteiger partial charge >= 0.3 is 0 Å². The van der Waals surface area contributed by atoms with E-state index in [4.69, 9.17) is 14.0 Å². The Bertz CT molecular complexity index is 1050. The van der Waals surface area contributed by atoms with Crippen LogP contribution in [-0.4, -0.2) is 49.7 Å². The summed E-state index contributed by atoms with van der Waals surface area (Å²) in [5.41, 5.74) is 0.761. The van der Waals surface area contributed by atoms with Crippen molar-refractivity contribution < 1.29 is 22.4 Å². The monoisotopic (exact) mass is 401 g/mol. The van der Waals surface area contributed by atoms with Crippen molar-refractivity contribution in [3.05, 3.63) is 60.4 Å². The molecule has 0 saturated carbocycles. The molecule has 0 unspecified atom stereocenters. The highest BCUT2D eigenvalue weighted by molar-refractivity contribution is 7.89. The Labute approximate surface area is 162 Å². The van der Waals surface area contributed by atoms with Crippen molar-refractivity contribution in [1.29, 1.82) is 0 Å². The summed E-state index contributed by atoms with van der Waals surface area (Å²) in [6.07, 6.45) is 0. The van der Waals surface area contributed by atoms with E-state index in [1.54, 1.807) is 18.2 Å². The summed E-state index contributed by atoms with van der Waals surface area (Å²) in [4.78, 5) is 4.50. The number of sulfonamides is 1.